The van der Waals surface area contributed by atoms with Crippen molar-refractivity contribution in [1.29, 1.82) is 0 Å². The second kappa shape index (κ2) is 28.5. The quantitative estimate of drug-likeness (QED) is 0.0534. The number of imidazole rings is 2. The van der Waals surface area contributed by atoms with Crippen molar-refractivity contribution in [2.24, 2.45) is 0 Å². The molecule has 2 heterocycles. The van der Waals surface area contributed by atoms with Gasteiger partial charge >= 0.3 is 5.97 Å². The number of ether oxygens (including phenoxy) is 2. The molecule has 16 heteroatoms. The molecule has 14 nitrogen and oxygen atoms in total. The van der Waals surface area contributed by atoms with Crippen LogP contribution in [0.5, 0.6) is 11.5 Å². The maximum Gasteiger partial charge on any atom is 0.303 e. The molecule has 4 aromatic carbocycles. The highest BCUT2D eigenvalue weighted by Gasteiger charge is 2.21. The maximum absolute atomic E-state index is 13.1. The van der Waals surface area contributed by atoms with E-state index >= 15 is 0 Å². The van der Waals surface area contributed by atoms with Gasteiger partial charge in [0.2, 0.25) is 5.91 Å². The highest BCUT2D eigenvalue weighted by Crippen LogP contribution is 2.29. The largest absolute Gasteiger partial charge is 0.489 e. The first-order chi connectivity index (χ1) is 36.0. The van der Waals surface area contributed by atoms with Crippen LogP contribution in [0.1, 0.15) is 150 Å². The van der Waals surface area contributed by atoms with Gasteiger partial charge in [-0.25, -0.2) is 9.97 Å². The zero-order chi connectivity index (χ0) is 55.8. The fourth-order valence-corrected chi connectivity index (χ4v) is 9.00. The standard InChI is InChI=1S/C31H41ClN4O3.C29H36ClN3O4/c1-8-36-19-27(34-30(36)20(2)3)23-11-9-22(10-12-23)17-25(14-16-29(37)35(6)7)33-31(38)24-13-15-28(26(32)18-24)39-21(4)5;1-6-33-17-25(32-28(33)18(2)3)21-9-7-20(8-10-21)15-23(12-14-27(34)35)31-29(36)22-11-13-26(24(30)16-22)37-19(4)5/h9-13,15,18-21,25H,8,14,16-17H2,1-7H3,(H,33,38);7-11,13,16-19,23H,6,12,14-15H2,1-5H3,(H,31,36)(H,34,35)/t25-;23-/m11/s1. The van der Waals surface area contributed by atoms with Crippen LogP contribution in [0.3, 0.4) is 0 Å². The topological polar surface area (TPSA) is 170 Å². The summed E-state index contributed by atoms with van der Waals surface area (Å²) in [6.07, 6.45) is 6.33. The molecule has 0 radical (unpaired) electrons. The van der Waals surface area contributed by atoms with Gasteiger partial charge in [-0.1, -0.05) is 99.4 Å². The molecule has 76 heavy (non-hydrogen) atoms. The number of aryl methyl sites for hydroxylation is 2. The molecular weight excluding hydrogens is 1000 g/mol. The van der Waals surface area contributed by atoms with Crippen molar-refractivity contribution in [3.8, 4) is 34.0 Å². The first-order valence-corrected chi connectivity index (χ1v) is 27.1. The van der Waals surface area contributed by atoms with Crippen molar-refractivity contribution in [3.63, 3.8) is 0 Å². The predicted octanol–water partition coefficient (Wildman–Crippen LogP) is 12.7. The molecule has 0 saturated carbocycles. The van der Waals surface area contributed by atoms with Crippen molar-refractivity contribution in [2.75, 3.05) is 14.1 Å². The number of hydrogen-bond donors (Lipinski definition) is 3. The average Bonchev–Trinajstić information content (AvgIpc) is 4.02. The number of carboxylic acid groups (broad SMARTS) is 1. The van der Waals surface area contributed by atoms with E-state index in [1.54, 1.807) is 55.4 Å². The number of carboxylic acids is 1. The lowest BCUT2D eigenvalue weighted by molar-refractivity contribution is -0.137. The van der Waals surface area contributed by atoms with Gasteiger partial charge in [0.1, 0.15) is 23.1 Å². The molecule has 3 amide bonds. The molecule has 2 aromatic heterocycles. The summed E-state index contributed by atoms with van der Waals surface area (Å²) in [5, 5.41) is 16.1. The Labute approximate surface area is 459 Å². The number of benzene rings is 4. The zero-order valence-electron chi connectivity index (χ0n) is 46.2. The van der Waals surface area contributed by atoms with E-state index in [1.165, 1.54) is 0 Å². The van der Waals surface area contributed by atoms with E-state index in [0.29, 0.717) is 76.6 Å². The summed E-state index contributed by atoms with van der Waals surface area (Å²) in [6, 6.07) is 25.7. The van der Waals surface area contributed by atoms with Crippen molar-refractivity contribution < 1.29 is 33.8 Å². The molecular formula is C60H77Cl2N7O7. The Kier molecular flexibility index (Phi) is 22.6. The van der Waals surface area contributed by atoms with Crippen LogP contribution in [0.4, 0.5) is 0 Å². The van der Waals surface area contributed by atoms with Crippen molar-refractivity contribution in [2.45, 2.75) is 157 Å². The number of hydrogen-bond acceptors (Lipinski definition) is 8. The van der Waals surface area contributed by atoms with Gasteiger partial charge in [-0.3, -0.25) is 19.2 Å². The molecule has 0 fully saturated rings. The number of carbonyl (C=O) groups is 4. The lowest BCUT2D eigenvalue weighted by Crippen LogP contribution is -2.37. The first-order valence-electron chi connectivity index (χ1n) is 26.3. The van der Waals surface area contributed by atoms with Gasteiger partial charge in [0.15, 0.2) is 0 Å². The minimum absolute atomic E-state index is 0.0215. The lowest BCUT2D eigenvalue weighted by Gasteiger charge is -2.20. The third-order valence-electron chi connectivity index (χ3n) is 12.5. The van der Waals surface area contributed by atoms with E-state index in [2.05, 4.69) is 98.0 Å². The van der Waals surface area contributed by atoms with Crippen LogP contribution in [0.25, 0.3) is 22.5 Å². The van der Waals surface area contributed by atoms with Gasteiger partial charge in [0.25, 0.3) is 11.8 Å². The normalized spacial score (nSPS) is 12.1. The molecule has 0 bridgehead atoms. The summed E-state index contributed by atoms with van der Waals surface area (Å²) in [7, 11) is 3.48. The monoisotopic (exact) mass is 1080 g/mol. The van der Waals surface area contributed by atoms with Crippen LogP contribution in [0.15, 0.2) is 97.3 Å². The third-order valence-corrected chi connectivity index (χ3v) is 13.1. The fourth-order valence-electron chi connectivity index (χ4n) is 8.55. The molecule has 0 aliphatic heterocycles. The van der Waals surface area contributed by atoms with E-state index in [1.807, 2.05) is 52.0 Å². The summed E-state index contributed by atoms with van der Waals surface area (Å²) in [5.74, 6) is 2.45. The van der Waals surface area contributed by atoms with Gasteiger partial charge in [-0.15, -0.1) is 0 Å². The maximum atomic E-state index is 13.1. The van der Waals surface area contributed by atoms with Crippen LogP contribution in [-0.4, -0.2) is 91.2 Å². The molecule has 6 aromatic rings. The predicted molar refractivity (Wildman–Crippen MR) is 304 cm³/mol. The Hall–Kier alpha value is -6.64. The minimum Gasteiger partial charge on any atom is -0.489 e. The number of halogens is 2. The zero-order valence-corrected chi connectivity index (χ0v) is 47.8. The van der Waals surface area contributed by atoms with Gasteiger partial charge in [0.05, 0.1) is 33.6 Å². The number of carbonyl (C=O) groups excluding carboxylic acids is 3. The SMILES string of the molecule is CCn1cc(-c2ccc(C[C@@H](CCC(=O)N(C)C)NC(=O)c3ccc(OC(C)C)c(Cl)c3)cc2)nc1C(C)C.CCn1cc(-c2ccc(C[C@@H](CCC(=O)O)NC(=O)c3ccc(OC(C)C)c(Cl)c3)cc2)nc1C(C)C. The smallest absolute Gasteiger partial charge is 0.303 e. The molecule has 6 rings (SSSR count). The van der Waals surface area contributed by atoms with Gasteiger partial charge < -0.3 is 39.2 Å². The summed E-state index contributed by atoms with van der Waals surface area (Å²) < 4.78 is 15.7. The van der Waals surface area contributed by atoms with E-state index in [9.17, 15) is 24.3 Å². The number of aromatic nitrogens is 4. The van der Waals surface area contributed by atoms with Crippen LogP contribution in [0.2, 0.25) is 10.0 Å². The highest BCUT2D eigenvalue weighted by atomic mass is 35.5. The summed E-state index contributed by atoms with van der Waals surface area (Å²) in [4.78, 5) is 60.9. The summed E-state index contributed by atoms with van der Waals surface area (Å²) in [5.41, 5.74) is 6.85. The summed E-state index contributed by atoms with van der Waals surface area (Å²) >= 11 is 12.7. The molecule has 0 unspecified atom stereocenters. The number of nitrogens with one attached hydrogen (secondary N) is 2. The first kappa shape index (κ1) is 60.2. The Morgan fingerprint density at radius 3 is 1.28 bits per heavy atom. The van der Waals surface area contributed by atoms with E-state index in [-0.39, 0.29) is 48.4 Å². The molecule has 2 atom stereocenters. The molecule has 0 aliphatic carbocycles. The molecule has 3 N–H and O–H groups in total. The van der Waals surface area contributed by atoms with Gasteiger partial charge in [0, 0.05) is 98.6 Å². The van der Waals surface area contributed by atoms with E-state index in [0.717, 1.165) is 58.4 Å². The van der Waals surface area contributed by atoms with E-state index < -0.39 is 5.97 Å². The van der Waals surface area contributed by atoms with Crippen LogP contribution < -0.4 is 20.1 Å². The van der Waals surface area contributed by atoms with Crippen molar-refractivity contribution >= 4 is 46.9 Å². The minimum atomic E-state index is -0.903. The number of nitrogens with zero attached hydrogens (tertiary/aromatic N) is 5. The summed E-state index contributed by atoms with van der Waals surface area (Å²) in [6.45, 7) is 22.2. The lowest BCUT2D eigenvalue weighted by atomic mass is 9.99. The van der Waals surface area contributed by atoms with Gasteiger partial charge in [-0.05, 0) is 115 Å². The Morgan fingerprint density at radius 1 is 0.592 bits per heavy atom. The third kappa shape index (κ3) is 17.7. The second-order valence-electron chi connectivity index (χ2n) is 20.4. The Bertz CT molecular complexity index is 2870. The molecule has 0 aliphatic rings. The average molecular weight is 1080 g/mol. The Morgan fingerprint density at radius 2 is 0.974 bits per heavy atom. The van der Waals surface area contributed by atoms with Crippen molar-refractivity contribution in [1.82, 2.24) is 34.6 Å². The fraction of sp³-hybridized carbons (Fsp3) is 0.433. The Balaban J connectivity index is 0.000000281. The number of rotatable bonds is 24. The number of aliphatic carboxylic acids is 1. The highest BCUT2D eigenvalue weighted by molar-refractivity contribution is 6.32. The van der Waals surface area contributed by atoms with Crippen LogP contribution >= 0.6 is 23.2 Å². The molecule has 408 valence electrons. The van der Waals surface area contributed by atoms with E-state index in [4.69, 9.17) is 42.6 Å². The second-order valence-corrected chi connectivity index (χ2v) is 21.2. The molecule has 0 saturated heterocycles. The van der Waals surface area contributed by atoms with Crippen LogP contribution in [-0.2, 0) is 35.5 Å². The van der Waals surface area contributed by atoms with Crippen molar-refractivity contribution in [3.05, 3.63) is 141 Å². The molecule has 0 spiro atoms. The van der Waals surface area contributed by atoms with Crippen LogP contribution in [0, 0.1) is 0 Å². The number of amides is 3. The van der Waals surface area contributed by atoms with Gasteiger partial charge in [-0.2, -0.15) is 0 Å².